The number of primary amides is 2. The second kappa shape index (κ2) is 29.0. The molecule has 1 saturated carbocycles. The smallest absolute Gasteiger partial charge is 0.246 e. The predicted octanol–water partition coefficient (Wildman–Crippen LogP) is -1.15. The Labute approximate surface area is 434 Å². The Kier molecular flexibility index (Phi) is 23.6. The van der Waals surface area contributed by atoms with Gasteiger partial charge in [-0.2, -0.15) is 0 Å². The van der Waals surface area contributed by atoms with Crippen LogP contribution in [0.25, 0.3) is 0 Å². The summed E-state index contributed by atoms with van der Waals surface area (Å²) in [6.45, 7) is 6.74. The van der Waals surface area contributed by atoms with E-state index in [1.165, 1.54) is 26.5 Å². The Bertz CT molecular complexity index is 2160. The molecule has 23 nitrogen and oxygen atoms in total. The van der Waals surface area contributed by atoms with Crippen LogP contribution in [0, 0.1) is 11.8 Å². The molecule has 1 aromatic carbocycles. The van der Waals surface area contributed by atoms with Crippen LogP contribution in [0.1, 0.15) is 110 Å². The normalized spacial score (nSPS) is 24.3. The van der Waals surface area contributed by atoms with Crippen molar-refractivity contribution < 1.29 is 47.9 Å². The number of nitrogens with zero attached hydrogens (tertiary/aromatic N) is 2. The van der Waals surface area contributed by atoms with Crippen molar-refractivity contribution in [1.29, 1.82) is 0 Å². The number of nitrogens with one attached hydrogen (secondary N) is 7. The highest BCUT2D eigenvalue weighted by Crippen LogP contribution is 2.48. The lowest BCUT2D eigenvalue weighted by Crippen LogP contribution is -2.62. The maximum absolute atomic E-state index is 14.8. The minimum Gasteiger partial charge on any atom is -0.370 e. The summed E-state index contributed by atoms with van der Waals surface area (Å²) in [5.41, 5.74) is 22.5. The van der Waals surface area contributed by atoms with Gasteiger partial charge in [0, 0.05) is 36.4 Å². The molecule has 10 amide bonds. The van der Waals surface area contributed by atoms with Gasteiger partial charge in [-0.05, 0) is 55.9 Å². The minimum atomic E-state index is -1.64. The van der Waals surface area contributed by atoms with Crippen LogP contribution in [-0.2, 0) is 54.4 Å². The summed E-state index contributed by atoms with van der Waals surface area (Å²) >= 11 is 0. The van der Waals surface area contributed by atoms with Crippen molar-refractivity contribution in [3.8, 4) is 0 Å². The molecule has 0 unspecified atom stereocenters. The van der Waals surface area contributed by atoms with Crippen LogP contribution >= 0.6 is 21.6 Å². The first-order valence-electron chi connectivity index (χ1n) is 25.0. The molecule has 0 bridgehead atoms. The molecule has 1 aliphatic carbocycles. The van der Waals surface area contributed by atoms with E-state index < -0.39 is 119 Å². The van der Waals surface area contributed by atoms with E-state index in [1.807, 2.05) is 13.8 Å². The number of benzene rings is 1. The number of carbonyl (C=O) groups is 10. The van der Waals surface area contributed by atoms with E-state index in [-0.39, 0.29) is 68.7 Å². The van der Waals surface area contributed by atoms with Gasteiger partial charge >= 0.3 is 0 Å². The summed E-state index contributed by atoms with van der Waals surface area (Å²) in [6, 6.07) is 0.0709. The zero-order chi connectivity index (χ0) is 53.8. The number of carbonyl (C=O) groups excluding carboxylic acids is 10. The molecule has 404 valence electrons. The Balaban J connectivity index is 1.73. The minimum absolute atomic E-state index is 0.0150. The number of hydrogen-bond donors (Lipinski definition) is 11. The van der Waals surface area contributed by atoms with Crippen molar-refractivity contribution in [2.75, 3.05) is 25.4 Å². The van der Waals surface area contributed by atoms with Crippen molar-refractivity contribution in [2.24, 2.45) is 39.8 Å². The molecule has 0 radical (unpaired) electrons. The van der Waals surface area contributed by atoms with Gasteiger partial charge in [0.05, 0.1) is 13.0 Å². The quantitative estimate of drug-likeness (QED) is 0.0380. The average molecular weight is 1060 g/mol. The molecule has 1 spiro atoms. The third-order valence-electron chi connectivity index (χ3n) is 13.2. The van der Waals surface area contributed by atoms with Gasteiger partial charge in [-0.3, -0.25) is 52.9 Å². The molecular formula is C48H75N13O10S2. The van der Waals surface area contributed by atoms with E-state index in [1.54, 1.807) is 44.2 Å². The zero-order valence-electron chi connectivity index (χ0n) is 42.2. The van der Waals surface area contributed by atoms with Crippen molar-refractivity contribution >= 4 is 86.6 Å². The lowest BCUT2D eigenvalue weighted by Gasteiger charge is -2.37. The van der Waals surface area contributed by atoms with Gasteiger partial charge in [-0.1, -0.05) is 105 Å². The number of nitrogens with two attached hydrogens (primary N) is 4. The van der Waals surface area contributed by atoms with Crippen molar-refractivity contribution in [3.63, 3.8) is 0 Å². The fourth-order valence-corrected chi connectivity index (χ4v) is 12.4. The van der Waals surface area contributed by atoms with Gasteiger partial charge in [0.1, 0.15) is 42.3 Å². The monoisotopic (exact) mass is 1060 g/mol. The largest absolute Gasteiger partial charge is 0.370 e. The van der Waals surface area contributed by atoms with Gasteiger partial charge in [-0.25, -0.2) is 0 Å². The first-order chi connectivity index (χ1) is 34.6. The summed E-state index contributed by atoms with van der Waals surface area (Å²) in [7, 11) is 2.62. The second-order valence-electron chi connectivity index (χ2n) is 19.4. The lowest BCUT2D eigenvalue weighted by atomic mass is 9.85. The summed E-state index contributed by atoms with van der Waals surface area (Å²) < 4.78 is -0.659. The molecule has 1 aromatic rings. The number of hydrogen-bond acceptors (Lipinski definition) is 13. The first kappa shape index (κ1) is 59.5. The van der Waals surface area contributed by atoms with Crippen LogP contribution in [0.4, 0.5) is 0 Å². The van der Waals surface area contributed by atoms with Gasteiger partial charge in [0.15, 0.2) is 5.96 Å². The molecule has 3 aliphatic rings. The molecule has 0 aromatic heterocycles. The van der Waals surface area contributed by atoms with Crippen molar-refractivity contribution in [1.82, 2.24) is 42.1 Å². The Morgan fingerprint density at radius 2 is 1.47 bits per heavy atom. The fraction of sp³-hybridized carbons (Fsp3) is 0.646. The van der Waals surface area contributed by atoms with Crippen LogP contribution in [0.15, 0.2) is 35.3 Å². The van der Waals surface area contributed by atoms with E-state index in [0.717, 1.165) is 19.3 Å². The van der Waals surface area contributed by atoms with Gasteiger partial charge in [-0.15, -0.1) is 0 Å². The molecule has 4 rings (SSSR count). The van der Waals surface area contributed by atoms with Gasteiger partial charge in [0.25, 0.3) is 0 Å². The highest BCUT2D eigenvalue weighted by Gasteiger charge is 2.43. The number of rotatable bonds is 17. The summed E-state index contributed by atoms with van der Waals surface area (Å²) in [4.78, 5) is 143. The number of aliphatic imine (C=N–C) groups is 1. The topological polar surface area (TPSA) is 375 Å². The molecule has 8 atom stereocenters. The third-order valence-corrected chi connectivity index (χ3v) is 16.5. The van der Waals surface area contributed by atoms with Crippen molar-refractivity contribution in [3.05, 3.63) is 35.9 Å². The van der Waals surface area contributed by atoms with Gasteiger partial charge < -0.3 is 65.1 Å². The predicted molar refractivity (Wildman–Crippen MR) is 277 cm³/mol. The van der Waals surface area contributed by atoms with Crippen LogP contribution < -0.4 is 60.2 Å². The lowest BCUT2D eigenvalue weighted by molar-refractivity contribution is -0.142. The molecule has 3 fully saturated rings. The number of amides is 10. The molecular weight excluding hydrogens is 983 g/mol. The number of likely N-dealkylation sites (tertiary alicyclic amines) is 1. The van der Waals surface area contributed by atoms with Crippen LogP contribution in [0.5, 0.6) is 0 Å². The first-order valence-corrected chi connectivity index (χ1v) is 27.3. The molecule has 15 N–H and O–H groups in total. The van der Waals surface area contributed by atoms with Crippen molar-refractivity contribution in [2.45, 2.75) is 158 Å². The molecule has 2 saturated heterocycles. The molecule has 2 heterocycles. The van der Waals surface area contributed by atoms with E-state index in [4.69, 9.17) is 22.9 Å². The SMILES string of the molecule is CC[C@H](C)[C@@H]1NC(=O)CC2(CCCCC2)SSC[C@@H](C(=O)N2CCC[C@@H]2C(=O)N[C@@H](CCCN=C(N)N)C(=O)NCC(N)=O)NC(=O)[C@H](CC(N)=O)NC(=O)[C@H](C(C)C)NC(=O)[C@@H](Cc2ccccc2)NC1=O. The maximum Gasteiger partial charge on any atom is 0.246 e. The standard InChI is InChI=1S/C48H75N13O10S2/c1-5-28(4)39-45(70)56-31(22-29-14-8-6-9-15-29)42(67)60-38(27(2)3)44(69)57-32(23-35(49)62)41(66)58-33(26-72-73-48(24-37(64)59-39)18-10-7-11-19-48)46(71)61-21-13-17-34(61)43(68)55-30(16-12-20-53-47(51)52)40(65)54-25-36(50)63/h6,8-9,14-15,27-28,30-34,38-39H,5,7,10-13,16-26H2,1-4H3,(H2,49,62)(H2,50,63)(H,54,65)(H,55,68)(H,56,70)(H,57,69)(H,58,66)(H,59,64)(H,60,67)(H4,51,52,53)/t28-,30-,31+,32-,33-,34+,38-,39-/m0/s1. The van der Waals surface area contributed by atoms with E-state index in [2.05, 4.69) is 42.2 Å². The average Bonchev–Trinajstić information content (AvgIpc) is 3.84. The highest BCUT2D eigenvalue weighted by atomic mass is 33.1. The summed E-state index contributed by atoms with van der Waals surface area (Å²) in [6.07, 6.45) is 4.51. The third kappa shape index (κ3) is 18.7. The van der Waals surface area contributed by atoms with E-state index in [0.29, 0.717) is 31.2 Å². The Morgan fingerprint density at radius 3 is 2.10 bits per heavy atom. The van der Waals surface area contributed by atoms with Crippen LogP contribution in [0.3, 0.4) is 0 Å². The fourth-order valence-electron chi connectivity index (χ4n) is 9.00. The Morgan fingerprint density at radius 1 is 0.808 bits per heavy atom. The van der Waals surface area contributed by atoms with E-state index >= 15 is 0 Å². The molecule has 73 heavy (non-hydrogen) atoms. The Hall–Kier alpha value is -6.11. The molecule has 2 aliphatic heterocycles. The maximum atomic E-state index is 14.8. The van der Waals surface area contributed by atoms with Crippen LogP contribution in [0.2, 0.25) is 0 Å². The van der Waals surface area contributed by atoms with Crippen LogP contribution in [-0.4, -0.2) is 142 Å². The highest BCUT2D eigenvalue weighted by molar-refractivity contribution is 8.77. The summed E-state index contributed by atoms with van der Waals surface area (Å²) in [5.74, 6) is -8.57. The summed E-state index contributed by atoms with van der Waals surface area (Å²) in [5, 5.41) is 18.9. The van der Waals surface area contributed by atoms with E-state index in [9.17, 15) is 47.9 Å². The van der Waals surface area contributed by atoms with Gasteiger partial charge in [0.2, 0.25) is 59.1 Å². The number of guanidine groups is 1. The second-order valence-corrected chi connectivity index (χ2v) is 22.2. The molecule has 25 heteroatoms. The zero-order valence-corrected chi connectivity index (χ0v) is 43.8.